The van der Waals surface area contributed by atoms with Crippen LogP contribution in [0.1, 0.15) is 30.3 Å². The molecule has 0 N–H and O–H groups in total. The summed E-state index contributed by atoms with van der Waals surface area (Å²) in [6.07, 6.45) is 2.11. The molecule has 2 aromatic rings. The van der Waals surface area contributed by atoms with Crippen molar-refractivity contribution in [3.8, 4) is 0 Å². The molecule has 2 heterocycles. The molecule has 0 amide bonds. The number of hydrogen-bond donors (Lipinski definition) is 0. The highest BCUT2D eigenvalue weighted by Gasteiger charge is 2.31. The van der Waals surface area contributed by atoms with E-state index in [2.05, 4.69) is 5.10 Å². The molecule has 6 nitrogen and oxygen atoms in total. The summed E-state index contributed by atoms with van der Waals surface area (Å²) < 4.78 is 7.64. The lowest BCUT2D eigenvalue weighted by Crippen LogP contribution is -2.35. The summed E-state index contributed by atoms with van der Waals surface area (Å²) in [6, 6.07) is 6.68. The van der Waals surface area contributed by atoms with Crippen LogP contribution >= 0.6 is 11.6 Å². The Bertz CT molecular complexity index is 748. The maximum atomic E-state index is 12.5. The maximum absolute atomic E-state index is 12.5. The van der Waals surface area contributed by atoms with Crippen molar-refractivity contribution < 1.29 is 9.53 Å². The van der Waals surface area contributed by atoms with Crippen LogP contribution in [0.15, 0.2) is 29.1 Å². The highest BCUT2D eigenvalue weighted by Crippen LogP contribution is 2.23. The number of nitrogens with zero attached hydrogens (tertiary/aromatic N) is 3. The Balaban J connectivity index is 1.95. The van der Waals surface area contributed by atoms with Crippen LogP contribution < -0.4 is 5.69 Å². The van der Waals surface area contributed by atoms with Crippen LogP contribution in [0.25, 0.3) is 0 Å². The van der Waals surface area contributed by atoms with Gasteiger partial charge in [0, 0.05) is 11.4 Å². The molecule has 0 aliphatic carbocycles. The van der Waals surface area contributed by atoms with Crippen molar-refractivity contribution in [1.29, 1.82) is 0 Å². The third-order valence-corrected chi connectivity index (χ3v) is 4.10. The SMILES string of the molecule is COC(=O)[C@H]1CCCc2nn(Cc3ccc(Cl)cc3)c(=O)n21. The molecule has 1 aromatic heterocycles. The van der Waals surface area contributed by atoms with Gasteiger partial charge in [-0.25, -0.2) is 14.3 Å². The third kappa shape index (κ3) is 2.66. The van der Waals surface area contributed by atoms with Crippen molar-refractivity contribution in [3.05, 3.63) is 51.2 Å². The summed E-state index contributed by atoms with van der Waals surface area (Å²) in [5.74, 6) is 0.245. The summed E-state index contributed by atoms with van der Waals surface area (Å²) in [6.45, 7) is 0.351. The van der Waals surface area contributed by atoms with Crippen LogP contribution in [0.3, 0.4) is 0 Å². The molecule has 1 atom stereocenters. The van der Waals surface area contributed by atoms with Gasteiger partial charge in [-0.3, -0.25) is 4.57 Å². The number of hydrogen-bond acceptors (Lipinski definition) is 4. The predicted octanol–water partition coefficient (Wildman–Crippen LogP) is 1.80. The molecule has 0 spiro atoms. The van der Waals surface area contributed by atoms with Crippen LogP contribution in [0, 0.1) is 0 Å². The second-order valence-corrected chi connectivity index (χ2v) is 5.72. The molecule has 1 aromatic carbocycles. The van der Waals surface area contributed by atoms with Crippen LogP contribution in [0.5, 0.6) is 0 Å². The summed E-state index contributed by atoms with van der Waals surface area (Å²) in [5, 5.41) is 5.01. The van der Waals surface area contributed by atoms with Crippen LogP contribution in [-0.2, 0) is 22.5 Å². The Morgan fingerprint density at radius 3 is 2.82 bits per heavy atom. The molecule has 0 saturated carbocycles. The van der Waals surface area contributed by atoms with E-state index in [9.17, 15) is 9.59 Å². The minimum Gasteiger partial charge on any atom is -0.467 e. The first-order valence-electron chi connectivity index (χ1n) is 7.10. The van der Waals surface area contributed by atoms with Gasteiger partial charge in [0.05, 0.1) is 13.7 Å². The van der Waals surface area contributed by atoms with Crippen molar-refractivity contribution in [2.24, 2.45) is 0 Å². The molecule has 22 heavy (non-hydrogen) atoms. The van der Waals surface area contributed by atoms with Crippen molar-refractivity contribution in [2.75, 3.05) is 7.11 Å². The fourth-order valence-electron chi connectivity index (χ4n) is 2.76. The van der Waals surface area contributed by atoms with Gasteiger partial charge in [0.2, 0.25) is 0 Å². The fourth-order valence-corrected chi connectivity index (χ4v) is 2.88. The lowest BCUT2D eigenvalue weighted by molar-refractivity contribution is -0.145. The monoisotopic (exact) mass is 321 g/mol. The quantitative estimate of drug-likeness (QED) is 0.808. The average Bonchev–Trinajstić information content (AvgIpc) is 2.85. The first-order valence-corrected chi connectivity index (χ1v) is 7.48. The van der Waals surface area contributed by atoms with Gasteiger partial charge in [0.15, 0.2) is 0 Å². The minimum atomic E-state index is -0.569. The number of rotatable bonds is 3. The molecular formula is C15H16ClN3O3. The van der Waals surface area contributed by atoms with E-state index in [1.807, 2.05) is 12.1 Å². The number of ether oxygens (including phenoxy) is 1. The molecule has 3 rings (SSSR count). The number of aryl methyl sites for hydroxylation is 1. The molecule has 0 fully saturated rings. The van der Waals surface area contributed by atoms with E-state index >= 15 is 0 Å². The molecule has 1 aliphatic rings. The van der Waals surface area contributed by atoms with Crippen molar-refractivity contribution in [1.82, 2.24) is 14.3 Å². The number of methoxy groups -OCH3 is 1. The van der Waals surface area contributed by atoms with E-state index in [4.69, 9.17) is 16.3 Å². The lowest BCUT2D eigenvalue weighted by atomic mass is 10.1. The molecular weight excluding hydrogens is 306 g/mol. The van der Waals surface area contributed by atoms with E-state index in [1.165, 1.54) is 16.4 Å². The zero-order valence-corrected chi connectivity index (χ0v) is 12.9. The summed E-state index contributed by atoms with van der Waals surface area (Å²) in [4.78, 5) is 24.4. The number of esters is 1. The molecule has 0 unspecified atom stereocenters. The molecule has 7 heteroatoms. The Morgan fingerprint density at radius 2 is 2.14 bits per heavy atom. The second kappa shape index (κ2) is 5.96. The standard InChI is InChI=1S/C15H16ClN3O3/c1-22-14(20)12-3-2-4-13-17-18(15(21)19(12)13)9-10-5-7-11(16)8-6-10/h5-8,12H,2-4,9H2,1H3/t12-/m1/s1. The molecule has 1 aliphatic heterocycles. The summed E-state index contributed by atoms with van der Waals surface area (Å²) in [7, 11) is 1.33. The van der Waals surface area contributed by atoms with E-state index in [1.54, 1.807) is 12.1 Å². The first kappa shape index (κ1) is 14.8. The lowest BCUT2D eigenvalue weighted by Gasteiger charge is -2.20. The molecule has 0 radical (unpaired) electrons. The molecule has 116 valence electrons. The smallest absolute Gasteiger partial charge is 0.347 e. The largest absolute Gasteiger partial charge is 0.467 e. The Morgan fingerprint density at radius 1 is 1.41 bits per heavy atom. The van der Waals surface area contributed by atoms with E-state index in [-0.39, 0.29) is 5.69 Å². The van der Waals surface area contributed by atoms with Crippen LogP contribution in [0.2, 0.25) is 5.02 Å². The molecule has 0 bridgehead atoms. The fraction of sp³-hybridized carbons (Fsp3) is 0.400. The highest BCUT2D eigenvalue weighted by atomic mass is 35.5. The minimum absolute atomic E-state index is 0.278. The summed E-state index contributed by atoms with van der Waals surface area (Å²) in [5.41, 5.74) is 0.650. The van der Waals surface area contributed by atoms with Gasteiger partial charge in [0.1, 0.15) is 11.9 Å². The van der Waals surface area contributed by atoms with Gasteiger partial charge in [-0.2, -0.15) is 5.10 Å². The number of halogens is 1. The van der Waals surface area contributed by atoms with Crippen molar-refractivity contribution in [2.45, 2.75) is 31.8 Å². The number of aromatic nitrogens is 3. The zero-order chi connectivity index (χ0) is 15.7. The Labute approximate surface area is 132 Å². The van der Waals surface area contributed by atoms with E-state index in [0.717, 1.165) is 12.0 Å². The first-order chi connectivity index (χ1) is 10.6. The predicted molar refractivity (Wildman–Crippen MR) is 81.0 cm³/mol. The molecule has 0 saturated heterocycles. The number of carbonyl (C=O) groups is 1. The number of benzene rings is 1. The topological polar surface area (TPSA) is 66.1 Å². The number of carbonyl (C=O) groups excluding carboxylic acids is 1. The Hall–Kier alpha value is -2.08. The van der Waals surface area contributed by atoms with Gasteiger partial charge < -0.3 is 4.74 Å². The van der Waals surface area contributed by atoms with E-state index < -0.39 is 12.0 Å². The zero-order valence-electron chi connectivity index (χ0n) is 12.2. The van der Waals surface area contributed by atoms with Gasteiger partial charge >= 0.3 is 11.7 Å². The third-order valence-electron chi connectivity index (χ3n) is 3.85. The summed E-state index contributed by atoms with van der Waals surface area (Å²) >= 11 is 5.86. The normalized spacial score (nSPS) is 17.1. The van der Waals surface area contributed by atoms with Crippen LogP contribution in [0.4, 0.5) is 0 Å². The van der Waals surface area contributed by atoms with Gasteiger partial charge in [-0.1, -0.05) is 23.7 Å². The van der Waals surface area contributed by atoms with Crippen molar-refractivity contribution in [3.63, 3.8) is 0 Å². The average molecular weight is 322 g/mol. The second-order valence-electron chi connectivity index (χ2n) is 5.28. The van der Waals surface area contributed by atoms with E-state index in [0.29, 0.717) is 30.2 Å². The maximum Gasteiger partial charge on any atom is 0.347 e. The van der Waals surface area contributed by atoms with Gasteiger partial charge in [-0.05, 0) is 30.5 Å². The van der Waals surface area contributed by atoms with Crippen LogP contribution in [-0.4, -0.2) is 27.4 Å². The van der Waals surface area contributed by atoms with Gasteiger partial charge in [-0.15, -0.1) is 0 Å². The van der Waals surface area contributed by atoms with Crippen molar-refractivity contribution >= 4 is 17.6 Å². The highest BCUT2D eigenvalue weighted by molar-refractivity contribution is 6.30. The Kier molecular flexibility index (Phi) is 4.02. The number of fused-ring (bicyclic) bond motifs is 1. The van der Waals surface area contributed by atoms with Gasteiger partial charge in [0.25, 0.3) is 0 Å².